The highest BCUT2D eigenvalue weighted by Gasteiger charge is 2.31. The number of nitrogens with one attached hydrogen (secondary N) is 1. The molecule has 7 heteroatoms. The second kappa shape index (κ2) is 7.62. The molecule has 0 aliphatic carbocycles. The van der Waals surface area contributed by atoms with E-state index < -0.39 is 0 Å². The van der Waals surface area contributed by atoms with Gasteiger partial charge in [-0.25, -0.2) is 0 Å². The molecule has 27 heavy (non-hydrogen) atoms. The van der Waals surface area contributed by atoms with Crippen LogP contribution in [-0.2, 0) is 19.6 Å². The monoisotopic (exact) mass is 387 g/mol. The fourth-order valence-corrected chi connectivity index (χ4v) is 4.20. The first-order valence-corrected chi connectivity index (χ1v) is 9.81. The third-order valence-corrected chi connectivity index (χ3v) is 5.91. The largest absolute Gasteiger partial charge is 0.497 e. The van der Waals surface area contributed by atoms with E-state index in [1.807, 2.05) is 6.07 Å². The van der Waals surface area contributed by atoms with Crippen molar-refractivity contribution in [2.75, 3.05) is 31.6 Å². The zero-order chi connectivity index (χ0) is 19.0. The number of ether oxygens (including phenoxy) is 1. The Kier molecular flexibility index (Phi) is 5.21. The topological polar surface area (TPSA) is 53.5 Å². The van der Waals surface area contributed by atoms with E-state index in [-0.39, 0.29) is 0 Å². The number of rotatable bonds is 4. The standard InChI is InChI=1S/C20H26ClN5O/c1-13-4-5-16(27-3)8-15(13)10-25-11-17-18(12-25)20(24-23-19(17)21)26-7-6-22-9-14(26)2/h4-5,8,14,22H,6-7,9-12H2,1-3H3/t14-/m0/s1. The lowest BCUT2D eigenvalue weighted by molar-refractivity contribution is 0.274. The number of fused-ring (bicyclic) bond motifs is 1. The lowest BCUT2D eigenvalue weighted by Gasteiger charge is -2.35. The van der Waals surface area contributed by atoms with Crippen molar-refractivity contribution < 1.29 is 4.74 Å². The maximum Gasteiger partial charge on any atom is 0.156 e. The first-order chi connectivity index (χ1) is 13.1. The van der Waals surface area contributed by atoms with Gasteiger partial charge in [0, 0.05) is 56.4 Å². The van der Waals surface area contributed by atoms with Crippen LogP contribution in [0, 0.1) is 6.92 Å². The zero-order valence-electron chi connectivity index (χ0n) is 16.1. The van der Waals surface area contributed by atoms with Gasteiger partial charge in [-0.05, 0) is 37.1 Å². The van der Waals surface area contributed by atoms with Crippen molar-refractivity contribution in [3.05, 3.63) is 45.6 Å². The Hall–Kier alpha value is -1.89. The summed E-state index contributed by atoms with van der Waals surface area (Å²) >= 11 is 6.41. The molecule has 0 radical (unpaired) electrons. The predicted octanol–water partition coefficient (Wildman–Crippen LogP) is 2.76. The maximum absolute atomic E-state index is 6.41. The van der Waals surface area contributed by atoms with E-state index >= 15 is 0 Å². The van der Waals surface area contributed by atoms with E-state index in [1.165, 1.54) is 16.7 Å². The molecule has 6 nitrogen and oxygen atoms in total. The summed E-state index contributed by atoms with van der Waals surface area (Å²) in [5.41, 5.74) is 4.89. The molecule has 1 fully saturated rings. The van der Waals surface area contributed by atoms with E-state index in [9.17, 15) is 0 Å². The van der Waals surface area contributed by atoms with E-state index in [2.05, 4.69) is 51.3 Å². The highest BCUT2D eigenvalue weighted by Crippen LogP contribution is 2.35. The third-order valence-electron chi connectivity index (χ3n) is 5.60. The Bertz CT molecular complexity index is 843. The van der Waals surface area contributed by atoms with Crippen molar-refractivity contribution in [2.45, 2.75) is 39.5 Å². The molecule has 3 heterocycles. The molecule has 0 amide bonds. The summed E-state index contributed by atoms with van der Waals surface area (Å²) in [6.45, 7) is 9.73. The fourth-order valence-electron chi connectivity index (χ4n) is 3.99. The molecule has 0 bridgehead atoms. The first-order valence-electron chi connectivity index (χ1n) is 9.44. The smallest absolute Gasteiger partial charge is 0.156 e. The third kappa shape index (κ3) is 3.61. The normalized spacial score (nSPS) is 20.0. The number of hydrogen-bond donors (Lipinski definition) is 1. The minimum atomic E-state index is 0.396. The number of hydrogen-bond acceptors (Lipinski definition) is 6. The minimum absolute atomic E-state index is 0.396. The van der Waals surface area contributed by atoms with Crippen LogP contribution in [0.2, 0.25) is 5.15 Å². The number of methoxy groups -OCH3 is 1. The van der Waals surface area contributed by atoms with Crippen LogP contribution in [0.5, 0.6) is 5.75 Å². The number of halogens is 1. The molecule has 1 N–H and O–H groups in total. The van der Waals surface area contributed by atoms with E-state index in [4.69, 9.17) is 16.3 Å². The number of piperazine rings is 1. The van der Waals surface area contributed by atoms with Gasteiger partial charge in [0.15, 0.2) is 11.0 Å². The summed E-state index contributed by atoms with van der Waals surface area (Å²) in [6, 6.07) is 6.64. The maximum atomic E-state index is 6.41. The molecule has 4 rings (SSSR count). The molecule has 0 unspecified atom stereocenters. The van der Waals surface area contributed by atoms with Crippen molar-refractivity contribution in [3.63, 3.8) is 0 Å². The minimum Gasteiger partial charge on any atom is -0.497 e. The van der Waals surface area contributed by atoms with Gasteiger partial charge in [-0.1, -0.05) is 17.7 Å². The van der Waals surface area contributed by atoms with Gasteiger partial charge >= 0.3 is 0 Å². The van der Waals surface area contributed by atoms with Gasteiger partial charge in [0.05, 0.1) is 7.11 Å². The second-order valence-electron chi connectivity index (χ2n) is 7.46. The molecule has 2 aromatic rings. The van der Waals surface area contributed by atoms with Crippen molar-refractivity contribution in [1.29, 1.82) is 0 Å². The number of aromatic nitrogens is 2. The first kappa shape index (κ1) is 18.5. The Morgan fingerprint density at radius 2 is 2.07 bits per heavy atom. The van der Waals surface area contributed by atoms with Gasteiger partial charge in [0.2, 0.25) is 0 Å². The summed E-state index contributed by atoms with van der Waals surface area (Å²) in [5.74, 6) is 1.89. The highest BCUT2D eigenvalue weighted by molar-refractivity contribution is 6.30. The van der Waals surface area contributed by atoms with Crippen molar-refractivity contribution in [2.24, 2.45) is 0 Å². The molecule has 2 aliphatic heterocycles. The van der Waals surface area contributed by atoms with Crippen LogP contribution in [-0.4, -0.2) is 47.9 Å². The van der Waals surface area contributed by atoms with Gasteiger partial charge in [-0.2, -0.15) is 0 Å². The van der Waals surface area contributed by atoms with E-state index in [1.54, 1.807) is 7.11 Å². The van der Waals surface area contributed by atoms with Gasteiger partial charge in [0.1, 0.15) is 5.75 Å². The molecule has 2 aliphatic rings. The lowest BCUT2D eigenvalue weighted by atomic mass is 10.1. The molecule has 1 saturated heterocycles. The van der Waals surface area contributed by atoms with Crippen LogP contribution in [0.1, 0.15) is 29.2 Å². The quantitative estimate of drug-likeness (QED) is 0.870. The summed E-state index contributed by atoms with van der Waals surface area (Å²) in [5, 5.41) is 12.7. The molecule has 1 aromatic heterocycles. The second-order valence-corrected chi connectivity index (χ2v) is 7.81. The average Bonchev–Trinajstić information content (AvgIpc) is 3.09. The van der Waals surface area contributed by atoms with Crippen LogP contribution in [0.3, 0.4) is 0 Å². The van der Waals surface area contributed by atoms with Gasteiger partial charge in [0.25, 0.3) is 0 Å². The Labute approximate surface area is 165 Å². The van der Waals surface area contributed by atoms with Crippen LogP contribution in [0.15, 0.2) is 18.2 Å². The fraction of sp³-hybridized carbons (Fsp3) is 0.500. The van der Waals surface area contributed by atoms with Crippen molar-refractivity contribution >= 4 is 17.4 Å². The zero-order valence-corrected chi connectivity index (χ0v) is 16.9. The van der Waals surface area contributed by atoms with Crippen molar-refractivity contribution in [3.8, 4) is 5.75 Å². The molecular formula is C20H26ClN5O. The molecule has 1 aromatic carbocycles. The highest BCUT2D eigenvalue weighted by atomic mass is 35.5. The Morgan fingerprint density at radius 3 is 2.85 bits per heavy atom. The van der Waals surface area contributed by atoms with Gasteiger partial charge < -0.3 is 15.0 Å². The van der Waals surface area contributed by atoms with E-state index in [0.29, 0.717) is 11.2 Å². The van der Waals surface area contributed by atoms with Crippen LogP contribution in [0.25, 0.3) is 0 Å². The van der Waals surface area contributed by atoms with Crippen molar-refractivity contribution in [1.82, 2.24) is 20.4 Å². The average molecular weight is 388 g/mol. The summed E-state index contributed by atoms with van der Waals surface area (Å²) in [4.78, 5) is 4.76. The Balaban J connectivity index is 1.59. The van der Waals surface area contributed by atoms with Crippen LogP contribution < -0.4 is 15.0 Å². The number of nitrogens with zero attached hydrogens (tertiary/aromatic N) is 4. The molecule has 0 spiro atoms. The number of benzene rings is 1. The lowest BCUT2D eigenvalue weighted by Crippen LogP contribution is -2.50. The molecule has 0 saturated carbocycles. The summed E-state index contributed by atoms with van der Waals surface area (Å²) in [6.07, 6.45) is 0. The Morgan fingerprint density at radius 1 is 1.26 bits per heavy atom. The van der Waals surface area contributed by atoms with E-state index in [0.717, 1.165) is 56.4 Å². The number of anilines is 1. The summed E-state index contributed by atoms with van der Waals surface area (Å²) in [7, 11) is 1.71. The molecule has 144 valence electrons. The molecular weight excluding hydrogens is 362 g/mol. The van der Waals surface area contributed by atoms with Crippen LogP contribution >= 0.6 is 11.6 Å². The molecule has 1 atom stereocenters. The van der Waals surface area contributed by atoms with Gasteiger partial charge in [-0.3, -0.25) is 4.90 Å². The van der Waals surface area contributed by atoms with Gasteiger partial charge in [-0.15, -0.1) is 10.2 Å². The van der Waals surface area contributed by atoms with Crippen LogP contribution in [0.4, 0.5) is 5.82 Å². The predicted molar refractivity (Wildman–Crippen MR) is 107 cm³/mol. The summed E-state index contributed by atoms with van der Waals surface area (Å²) < 4.78 is 5.39. The number of aryl methyl sites for hydroxylation is 1. The SMILES string of the molecule is COc1ccc(C)c(CN2Cc3c(Cl)nnc(N4CCNC[C@@H]4C)c3C2)c1.